The van der Waals surface area contributed by atoms with Crippen molar-refractivity contribution in [1.82, 2.24) is 4.98 Å². The molecule has 2 aliphatic heterocycles. The van der Waals surface area contributed by atoms with Crippen LogP contribution in [-0.4, -0.2) is 48.7 Å². The molecule has 1 unspecified atom stereocenters. The minimum absolute atomic E-state index is 0.111. The molecule has 3 rings (SSSR count). The summed E-state index contributed by atoms with van der Waals surface area (Å²) in [4.78, 5) is 6.26. The molecule has 1 atom stereocenters. The van der Waals surface area contributed by atoms with E-state index in [9.17, 15) is 13.5 Å². The van der Waals surface area contributed by atoms with Crippen LogP contribution in [0, 0.1) is 17.8 Å². The lowest BCUT2D eigenvalue weighted by atomic mass is 9.93. The smallest absolute Gasteiger partial charge is 0.151 e. The van der Waals surface area contributed by atoms with Crippen molar-refractivity contribution in [3.8, 4) is 11.8 Å². The van der Waals surface area contributed by atoms with Crippen molar-refractivity contribution in [3.63, 3.8) is 0 Å². The predicted octanol–water partition coefficient (Wildman–Crippen LogP) is 1.87. The molecule has 0 saturated carbocycles. The van der Waals surface area contributed by atoms with Crippen molar-refractivity contribution in [3.05, 3.63) is 23.0 Å². The first kappa shape index (κ1) is 17.5. The second kappa shape index (κ2) is 6.55. The van der Waals surface area contributed by atoms with Crippen LogP contribution in [-0.2, 0) is 9.84 Å². The number of hydrogen-bond donors (Lipinski definition) is 1. The van der Waals surface area contributed by atoms with Gasteiger partial charge in [0.25, 0.3) is 0 Å². The molecule has 0 radical (unpaired) electrons. The Labute approximate surface area is 148 Å². The maximum Gasteiger partial charge on any atom is 0.151 e. The lowest BCUT2D eigenvalue weighted by Crippen LogP contribution is -2.42. The zero-order valence-corrected chi connectivity index (χ0v) is 15.2. The van der Waals surface area contributed by atoms with Crippen molar-refractivity contribution >= 4 is 27.1 Å². The van der Waals surface area contributed by atoms with E-state index in [-0.39, 0.29) is 17.4 Å². The zero-order valence-electron chi connectivity index (χ0n) is 13.6. The third-order valence-electron chi connectivity index (χ3n) is 4.67. The maximum atomic E-state index is 11.5. The van der Waals surface area contributed by atoms with Gasteiger partial charge < -0.3 is 10.0 Å². The molecule has 24 heavy (non-hydrogen) atoms. The number of aromatic nitrogens is 1. The summed E-state index contributed by atoms with van der Waals surface area (Å²) < 4.78 is 23.1. The number of rotatable bonds is 1. The molecular weight excluding hydrogens is 348 g/mol. The minimum Gasteiger partial charge on any atom is -0.390 e. The Hall–Kier alpha value is -1.29. The normalized spacial score (nSPS) is 25.1. The summed E-state index contributed by atoms with van der Waals surface area (Å²) in [6, 6.07) is 1.79. The summed E-state index contributed by atoms with van der Waals surface area (Å²) in [5.74, 6) is 6.43. The van der Waals surface area contributed by atoms with Crippen molar-refractivity contribution in [2.75, 3.05) is 29.5 Å². The van der Waals surface area contributed by atoms with E-state index in [1.165, 1.54) is 0 Å². The third kappa shape index (κ3) is 4.21. The van der Waals surface area contributed by atoms with E-state index < -0.39 is 15.4 Å². The number of nitrogens with zero attached hydrogens (tertiary/aromatic N) is 2. The molecule has 130 valence electrons. The molecule has 2 saturated heterocycles. The lowest BCUT2D eigenvalue weighted by molar-refractivity contribution is 0.0351. The fourth-order valence-corrected chi connectivity index (χ4v) is 4.92. The van der Waals surface area contributed by atoms with Crippen molar-refractivity contribution in [2.45, 2.75) is 31.8 Å². The highest BCUT2D eigenvalue weighted by Crippen LogP contribution is 2.29. The van der Waals surface area contributed by atoms with Gasteiger partial charge in [0.05, 0.1) is 28.4 Å². The second-order valence-corrected chi connectivity index (χ2v) is 9.49. The van der Waals surface area contributed by atoms with E-state index in [4.69, 9.17) is 11.6 Å². The van der Waals surface area contributed by atoms with Crippen LogP contribution >= 0.6 is 11.6 Å². The van der Waals surface area contributed by atoms with E-state index in [1.54, 1.807) is 12.3 Å². The standard InChI is InChI=1S/C17H21ClN2O3S/c1-17(21)5-7-20(8-6-17)15-10-16(18)19-11-14(15)3-2-13-4-9-24(22,23)12-13/h10-11,13,21H,4-9,12H2,1H3. The van der Waals surface area contributed by atoms with Crippen molar-refractivity contribution in [1.29, 1.82) is 0 Å². The molecule has 2 aliphatic rings. The molecule has 7 heteroatoms. The molecule has 0 aromatic carbocycles. The molecule has 0 bridgehead atoms. The van der Waals surface area contributed by atoms with E-state index in [1.807, 2.05) is 6.92 Å². The van der Waals surface area contributed by atoms with Gasteiger partial charge in [-0.25, -0.2) is 13.4 Å². The number of pyridine rings is 1. The number of hydrogen-bond acceptors (Lipinski definition) is 5. The SMILES string of the molecule is CC1(O)CCN(c2cc(Cl)ncc2C#CC2CCS(=O)(=O)C2)CC1. The van der Waals surface area contributed by atoms with Crippen LogP contribution in [0.3, 0.4) is 0 Å². The largest absolute Gasteiger partial charge is 0.390 e. The highest BCUT2D eigenvalue weighted by molar-refractivity contribution is 7.91. The molecule has 3 heterocycles. The highest BCUT2D eigenvalue weighted by Gasteiger charge is 2.29. The number of aliphatic hydroxyl groups is 1. The van der Waals surface area contributed by atoms with Crippen LogP contribution in [0.1, 0.15) is 31.7 Å². The highest BCUT2D eigenvalue weighted by atomic mass is 35.5. The van der Waals surface area contributed by atoms with Gasteiger partial charge >= 0.3 is 0 Å². The minimum atomic E-state index is -2.93. The Kier molecular flexibility index (Phi) is 4.78. The topological polar surface area (TPSA) is 70.5 Å². The fraction of sp³-hybridized carbons (Fsp3) is 0.588. The molecule has 2 fully saturated rings. The molecule has 0 amide bonds. The van der Waals surface area contributed by atoms with Crippen LogP contribution in [0.5, 0.6) is 0 Å². The Bertz CT molecular complexity index is 786. The van der Waals surface area contributed by atoms with Gasteiger partial charge in [0.15, 0.2) is 9.84 Å². The zero-order chi connectivity index (χ0) is 17.4. The van der Waals surface area contributed by atoms with Crippen LogP contribution in [0.15, 0.2) is 12.3 Å². The Morgan fingerprint density at radius 3 is 2.75 bits per heavy atom. The van der Waals surface area contributed by atoms with Crippen LogP contribution in [0.25, 0.3) is 0 Å². The second-order valence-electron chi connectivity index (χ2n) is 6.88. The van der Waals surface area contributed by atoms with Gasteiger partial charge in [-0.2, -0.15) is 0 Å². The summed E-state index contributed by atoms with van der Waals surface area (Å²) in [7, 11) is -2.93. The van der Waals surface area contributed by atoms with Crippen LogP contribution in [0.4, 0.5) is 5.69 Å². The molecule has 1 aromatic rings. The third-order valence-corrected chi connectivity index (χ3v) is 6.65. The summed E-state index contributed by atoms with van der Waals surface area (Å²) in [6.45, 7) is 3.30. The molecule has 1 aromatic heterocycles. The number of anilines is 1. The molecule has 0 aliphatic carbocycles. The molecule has 0 spiro atoms. The number of sulfone groups is 1. The van der Waals surface area contributed by atoms with Gasteiger partial charge in [-0.15, -0.1) is 0 Å². The van der Waals surface area contributed by atoms with Crippen LogP contribution < -0.4 is 4.90 Å². The van der Waals surface area contributed by atoms with Gasteiger partial charge in [0.1, 0.15) is 5.15 Å². The van der Waals surface area contributed by atoms with E-state index in [0.29, 0.717) is 24.4 Å². The number of halogens is 1. The van der Waals surface area contributed by atoms with Gasteiger partial charge in [-0.1, -0.05) is 23.4 Å². The van der Waals surface area contributed by atoms with Gasteiger partial charge in [0.2, 0.25) is 0 Å². The van der Waals surface area contributed by atoms with E-state index in [2.05, 4.69) is 21.7 Å². The summed E-state index contributed by atoms with van der Waals surface area (Å²) in [5.41, 5.74) is 1.03. The van der Waals surface area contributed by atoms with Crippen LogP contribution in [0.2, 0.25) is 5.15 Å². The Balaban J connectivity index is 1.82. The Morgan fingerprint density at radius 2 is 2.12 bits per heavy atom. The van der Waals surface area contributed by atoms with E-state index in [0.717, 1.165) is 24.3 Å². The maximum absolute atomic E-state index is 11.5. The first-order valence-electron chi connectivity index (χ1n) is 8.09. The monoisotopic (exact) mass is 368 g/mol. The average Bonchev–Trinajstić information content (AvgIpc) is 2.85. The van der Waals surface area contributed by atoms with Crippen molar-refractivity contribution in [2.24, 2.45) is 5.92 Å². The molecule has 1 N–H and O–H groups in total. The van der Waals surface area contributed by atoms with Crippen molar-refractivity contribution < 1.29 is 13.5 Å². The first-order chi connectivity index (χ1) is 11.2. The van der Waals surface area contributed by atoms with E-state index >= 15 is 0 Å². The summed E-state index contributed by atoms with van der Waals surface area (Å²) in [6.07, 6.45) is 3.60. The molecular formula is C17H21ClN2O3S. The predicted molar refractivity (Wildman–Crippen MR) is 95.0 cm³/mol. The summed E-state index contributed by atoms with van der Waals surface area (Å²) in [5, 5.41) is 10.5. The average molecular weight is 369 g/mol. The number of piperidine rings is 1. The first-order valence-corrected chi connectivity index (χ1v) is 10.3. The quantitative estimate of drug-likeness (QED) is 0.605. The summed E-state index contributed by atoms with van der Waals surface area (Å²) >= 11 is 6.04. The van der Waals surface area contributed by atoms with Gasteiger partial charge in [-0.3, -0.25) is 0 Å². The van der Waals surface area contributed by atoms with Gasteiger partial charge in [-0.05, 0) is 26.2 Å². The Morgan fingerprint density at radius 1 is 1.42 bits per heavy atom. The lowest BCUT2D eigenvalue weighted by Gasteiger charge is -2.37. The fourth-order valence-electron chi connectivity index (χ4n) is 3.10. The van der Waals surface area contributed by atoms with Gasteiger partial charge in [0, 0.05) is 31.3 Å². The molecule has 5 nitrogen and oxygen atoms in total.